The van der Waals surface area contributed by atoms with Crippen LogP contribution in [0, 0.1) is 5.92 Å². The third-order valence-electron chi connectivity index (χ3n) is 3.10. The van der Waals surface area contributed by atoms with Crippen LogP contribution in [0.4, 0.5) is 0 Å². The van der Waals surface area contributed by atoms with E-state index in [0.29, 0.717) is 18.1 Å². The fraction of sp³-hybridized carbons (Fsp3) is 0.857. The lowest BCUT2D eigenvalue weighted by Gasteiger charge is -2.05. The quantitative estimate of drug-likeness (QED) is 0.547. The van der Waals surface area contributed by atoms with E-state index in [1.165, 1.54) is 32.8 Å². The Morgan fingerprint density at radius 3 is 2.41 bits per heavy atom. The van der Waals surface area contributed by atoms with Crippen LogP contribution in [0.5, 0.6) is 0 Å². The van der Waals surface area contributed by atoms with E-state index in [-0.39, 0.29) is 5.97 Å². The molecule has 0 aromatic rings. The number of unbranched alkanes of at least 4 members (excludes halogenated alkanes) is 2. The van der Waals surface area contributed by atoms with Gasteiger partial charge in [0.1, 0.15) is 5.78 Å². The van der Waals surface area contributed by atoms with Crippen molar-refractivity contribution < 1.29 is 14.3 Å². The van der Waals surface area contributed by atoms with Gasteiger partial charge in [-0.1, -0.05) is 33.1 Å². The third-order valence-corrected chi connectivity index (χ3v) is 3.10. The fourth-order valence-corrected chi connectivity index (χ4v) is 1.98. The van der Waals surface area contributed by atoms with E-state index in [0.717, 1.165) is 19.3 Å². The van der Waals surface area contributed by atoms with E-state index in [1.807, 2.05) is 0 Å². The van der Waals surface area contributed by atoms with Gasteiger partial charge in [-0.3, -0.25) is 9.59 Å². The molecule has 0 amide bonds. The SMILES string of the molecule is CCC(=O)OC.CCCCC[C@H]1CCCC1=O. The minimum Gasteiger partial charge on any atom is -0.469 e. The predicted octanol–water partition coefficient (Wildman–Crippen LogP) is 3.51. The summed E-state index contributed by atoms with van der Waals surface area (Å²) in [7, 11) is 1.38. The summed E-state index contributed by atoms with van der Waals surface area (Å²) in [6.07, 6.45) is 8.62. The second-order valence-electron chi connectivity index (χ2n) is 4.48. The van der Waals surface area contributed by atoms with Crippen LogP contribution in [0.3, 0.4) is 0 Å². The Hall–Kier alpha value is -0.860. The maximum atomic E-state index is 11.2. The molecule has 1 fully saturated rings. The lowest BCUT2D eigenvalue weighted by atomic mass is 9.99. The van der Waals surface area contributed by atoms with Crippen LogP contribution in [-0.2, 0) is 14.3 Å². The number of ketones is 1. The molecule has 100 valence electrons. The first-order valence-corrected chi connectivity index (χ1v) is 6.75. The van der Waals surface area contributed by atoms with Crippen LogP contribution < -0.4 is 0 Å². The largest absolute Gasteiger partial charge is 0.469 e. The van der Waals surface area contributed by atoms with Crippen LogP contribution in [-0.4, -0.2) is 18.9 Å². The Morgan fingerprint density at radius 2 is 2.06 bits per heavy atom. The lowest BCUT2D eigenvalue weighted by Crippen LogP contribution is -2.05. The fourth-order valence-electron chi connectivity index (χ4n) is 1.98. The Labute approximate surface area is 105 Å². The number of Topliss-reactive ketones (excluding diaryl/α,β-unsaturated/α-hetero) is 1. The molecule has 0 bridgehead atoms. The van der Waals surface area contributed by atoms with Gasteiger partial charge >= 0.3 is 5.97 Å². The van der Waals surface area contributed by atoms with Gasteiger partial charge in [0, 0.05) is 18.8 Å². The highest BCUT2D eigenvalue weighted by Gasteiger charge is 2.22. The summed E-state index contributed by atoms with van der Waals surface area (Å²) in [4.78, 5) is 21.1. The number of hydrogen-bond donors (Lipinski definition) is 0. The van der Waals surface area contributed by atoms with Crippen LogP contribution in [0.15, 0.2) is 0 Å². The molecule has 0 saturated heterocycles. The Bertz CT molecular complexity index is 218. The van der Waals surface area contributed by atoms with E-state index in [4.69, 9.17) is 0 Å². The average Bonchev–Trinajstić information content (AvgIpc) is 2.75. The van der Waals surface area contributed by atoms with E-state index in [1.54, 1.807) is 6.92 Å². The van der Waals surface area contributed by atoms with Gasteiger partial charge < -0.3 is 4.74 Å². The highest BCUT2D eigenvalue weighted by Crippen LogP contribution is 2.25. The number of rotatable bonds is 5. The molecule has 0 N–H and O–H groups in total. The molecule has 0 radical (unpaired) electrons. The number of carbonyl (C=O) groups is 2. The molecule has 1 aliphatic rings. The number of hydrogen-bond acceptors (Lipinski definition) is 3. The highest BCUT2D eigenvalue weighted by atomic mass is 16.5. The normalized spacial score (nSPS) is 18.5. The molecule has 0 aliphatic heterocycles. The summed E-state index contributed by atoms with van der Waals surface area (Å²) in [6, 6.07) is 0. The van der Waals surface area contributed by atoms with E-state index < -0.39 is 0 Å². The van der Waals surface area contributed by atoms with Crippen molar-refractivity contribution in [2.24, 2.45) is 5.92 Å². The van der Waals surface area contributed by atoms with Crippen LogP contribution in [0.2, 0.25) is 0 Å². The molecular formula is C14H26O3. The van der Waals surface area contributed by atoms with Crippen LogP contribution in [0.1, 0.15) is 65.2 Å². The van der Waals surface area contributed by atoms with Gasteiger partial charge in [0.25, 0.3) is 0 Å². The molecule has 1 saturated carbocycles. The van der Waals surface area contributed by atoms with Crippen molar-refractivity contribution in [2.45, 2.75) is 65.2 Å². The molecule has 0 aromatic carbocycles. The molecule has 0 aromatic heterocycles. The van der Waals surface area contributed by atoms with Crippen LogP contribution in [0.25, 0.3) is 0 Å². The molecular weight excluding hydrogens is 216 g/mol. The van der Waals surface area contributed by atoms with E-state index in [9.17, 15) is 9.59 Å². The Morgan fingerprint density at radius 1 is 1.35 bits per heavy atom. The zero-order valence-corrected chi connectivity index (χ0v) is 11.5. The summed E-state index contributed by atoms with van der Waals surface area (Å²) in [6.45, 7) is 3.96. The predicted molar refractivity (Wildman–Crippen MR) is 68.8 cm³/mol. The molecule has 1 atom stereocenters. The summed E-state index contributed by atoms with van der Waals surface area (Å²) >= 11 is 0. The summed E-state index contributed by atoms with van der Waals surface area (Å²) in [5.74, 6) is 0.817. The van der Waals surface area contributed by atoms with Gasteiger partial charge in [-0.2, -0.15) is 0 Å². The monoisotopic (exact) mass is 242 g/mol. The standard InChI is InChI=1S/C10H18O.C4H8O2/c1-2-3-4-6-9-7-5-8-10(9)11;1-3-4(5)6-2/h9H,2-8H2,1H3;3H2,1-2H3/t9-;/m0./s1. The van der Waals surface area contributed by atoms with Gasteiger partial charge in [-0.15, -0.1) is 0 Å². The molecule has 17 heavy (non-hydrogen) atoms. The van der Waals surface area contributed by atoms with Gasteiger partial charge in [0.05, 0.1) is 7.11 Å². The lowest BCUT2D eigenvalue weighted by molar-refractivity contribution is -0.140. The Balaban J connectivity index is 0.000000366. The topological polar surface area (TPSA) is 43.4 Å². The Kier molecular flexibility index (Phi) is 9.78. The van der Waals surface area contributed by atoms with Gasteiger partial charge in [0.15, 0.2) is 0 Å². The number of ether oxygens (including phenoxy) is 1. The van der Waals surface area contributed by atoms with Crippen molar-refractivity contribution in [3.8, 4) is 0 Å². The first-order valence-electron chi connectivity index (χ1n) is 6.75. The van der Waals surface area contributed by atoms with E-state index >= 15 is 0 Å². The van der Waals surface area contributed by atoms with Crippen LogP contribution >= 0.6 is 0 Å². The second-order valence-corrected chi connectivity index (χ2v) is 4.48. The van der Waals surface area contributed by atoms with Crippen molar-refractivity contribution in [3.05, 3.63) is 0 Å². The summed E-state index contributed by atoms with van der Waals surface area (Å²) < 4.78 is 4.26. The third kappa shape index (κ3) is 7.94. The summed E-state index contributed by atoms with van der Waals surface area (Å²) in [5, 5.41) is 0. The number of methoxy groups -OCH3 is 1. The van der Waals surface area contributed by atoms with Crippen molar-refractivity contribution in [1.82, 2.24) is 0 Å². The summed E-state index contributed by atoms with van der Waals surface area (Å²) in [5.41, 5.74) is 0. The molecule has 3 heteroatoms. The van der Waals surface area contributed by atoms with Crippen molar-refractivity contribution >= 4 is 11.8 Å². The van der Waals surface area contributed by atoms with Gasteiger partial charge in [-0.05, 0) is 19.3 Å². The smallest absolute Gasteiger partial charge is 0.305 e. The van der Waals surface area contributed by atoms with Crippen molar-refractivity contribution in [3.63, 3.8) is 0 Å². The molecule has 1 rings (SSSR count). The minimum atomic E-state index is -0.157. The van der Waals surface area contributed by atoms with E-state index in [2.05, 4.69) is 11.7 Å². The molecule has 3 nitrogen and oxygen atoms in total. The maximum absolute atomic E-state index is 11.2. The van der Waals surface area contributed by atoms with Gasteiger partial charge in [-0.25, -0.2) is 0 Å². The highest BCUT2D eigenvalue weighted by molar-refractivity contribution is 5.82. The van der Waals surface area contributed by atoms with Gasteiger partial charge in [0.2, 0.25) is 0 Å². The molecule has 0 heterocycles. The average molecular weight is 242 g/mol. The second kappa shape index (κ2) is 10.3. The molecule has 0 unspecified atom stereocenters. The zero-order valence-electron chi connectivity index (χ0n) is 11.5. The van der Waals surface area contributed by atoms with Crippen molar-refractivity contribution in [1.29, 1.82) is 0 Å². The minimum absolute atomic E-state index is 0.157. The number of carbonyl (C=O) groups excluding carboxylic acids is 2. The first kappa shape index (κ1) is 16.1. The molecule has 0 spiro atoms. The van der Waals surface area contributed by atoms with Crippen molar-refractivity contribution in [2.75, 3.05) is 7.11 Å². The zero-order chi connectivity index (χ0) is 13.1. The first-order chi connectivity index (χ1) is 8.15. The maximum Gasteiger partial charge on any atom is 0.305 e. The number of esters is 1. The molecule has 1 aliphatic carbocycles.